The number of benzene rings is 1. The van der Waals surface area contributed by atoms with Gasteiger partial charge in [0.05, 0.1) is 12.2 Å². The normalized spacial score (nSPS) is 11.0. The molecule has 0 aliphatic carbocycles. The van der Waals surface area contributed by atoms with Crippen molar-refractivity contribution >= 4 is 21.6 Å². The largest absolute Gasteiger partial charge is 0.375 e. The van der Waals surface area contributed by atoms with Gasteiger partial charge in [-0.1, -0.05) is 29.8 Å². The van der Waals surface area contributed by atoms with Crippen molar-refractivity contribution in [2.75, 3.05) is 5.32 Å². The highest BCUT2D eigenvalue weighted by Crippen LogP contribution is 2.20. The molecule has 1 aromatic carbocycles. The van der Waals surface area contributed by atoms with Gasteiger partial charge in [0.25, 0.3) is 0 Å². The van der Waals surface area contributed by atoms with Gasteiger partial charge in [-0.05, 0) is 24.1 Å². The van der Waals surface area contributed by atoms with E-state index < -0.39 is 0 Å². The number of hydrogen-bond donors (Lipinski definition) is 1. The van der Waals surface area contributed by atoms with Crippen molar-refractivity contribution in [1.29, 1.82) is 0 Å². The van der Waals surface area contributed by atoms with E-state index in [2.05, 4.69) is 45.2 Å². The predicted octanol–water partition coefficient (Wildman–Crippen LogP) is 3.45. The maximum atomic E-state index is 13.6. The Hall–Kier alpha value is -1.43. The molecule has 0 unspecified atom stereocenters. The minimum atomic E-state index is -0.280. The van der Waals surface area contributed by atoms with Crippen molar-refractivity contribution in [3.63, 3.8) is 0 Å². The van der Waals surface area contributed by atoms with Crippen molar-refractivity contribution in [1.82, 2.24) is 14.8 Å². The topological polar surface area (TPSA) is 42.7 Å². The van der Waals surface area contributed by atoms with Crippen LogP contribution in [0, 0.1) is 11.7 Å². The molecule has 1 aromatic heterocycles. The van der Waals surface area contributed by atoms with Gasteiger partial charge in [-0.2, -0.15) is 5.10 Å². The van der Waals surface area contributed by atoms with Crippen LogP contribution in [0.2, 0.25) is 0 Å². The van der Waals surface area contributed by atoms with Crippen LogP contribution in [0.5, 0.6) is 0 Å². The minimum Gasteiger partial charge on any atom is -0.375 e. The van der Waals surface area contributed by atoms with Crippen molar-refractivity contribution in [3.8, 4) is 0 Å². The van der Waals surface area contributed by atoms with E-state index in [0.717, 1.165) is 16.8 Å². The molecular formula is C13H16BrFN4. The smallest absolute Gasteiger partial charge is 0.146 e. The molecule has 0 radical (unpaired) electrons. The fourth-order valence-electron chi connectivity index (χ4n) is 1.73. The summed E-state index contributed by atoms with van der Waals surface area (Å²) in [5.74, 6) is 1.01. The lowest BCUT2D eigenvalue weighted by Crippen LogP contribution is -2.13. The fraction of sp³-hybridized carbons (Fsp3) is 0.385. The first kappa shape index (κ1) is 14.0. The standard InChI is InChI=1S/C13H16BrFN4/c1-9(2)7-19-13(17-8-18-19)6-16-12-5-10(14)3-4-11(12)15/h3-5,8-9,16H,6-7H2,1-2H3. The van der Waals surface area contributed by atoms with Crippen LogP contribution in [-0.4, -0.2) is 14.8 Å². The maximum Gasteiger partial charge on any atom is 0.146 e. The number of aromatic nitrogens is 3. The first-order valence-electron chi connectivity index (χ1n) is 6.12. The molecule has 0 fully saturated rings. The molecule has 102 valence electrons. The summed E-state index contributed by atoms with van der Waals surface area (Å²) in [4.78, 5) is 4.19. The molecule has 0 saturated heterocycles. The van der Waals surface area contributed by atoms with Gasteiger partial charge in [0, 0.05) is 11.0 Å². The number of halogens is 2. The van der Waals surface area contributed by atoms with Crippen molar-refractivity contribution in [3.05, 3.63) is 40.6 Å². The summed E-state index contributed by atoms with van der Waals surface area (Å²) in [6.07, 6.45) is 1.52. The highest BCUT2D eigenvalue weighted by atomic mass is 79.9. The van der Waals surface area contributed by atoms with E-state index in [9.17, 15) is 4.39 Å². The van der Waals surface area contributed by atoms with Gasteiger partial charge in [0.15, 0.2) is 0 Å². The van der Waals surface area contributed by atoms with Crippen molar-refractivity contribution in [2.45, 2.75) is 26.9 Å². The summed E-state index contributed by atoms with van der Waals surface area (Å²) >= 11 is 3.32. The van der Waals surface area contributed by atoms with E-state index in [1.165, 1.54) is 12.4 Å². The summed E-state index contributed by atoms with van der Waals surface area (Å²) in [6.45, 7) is 5.48. The first-order valence-corrected chi connectivity index (χ1v) is 6.91. The molecule has 0 bridgehead atoms. The summed E-state index contributed by atoms with van der Waals surface area (Å²) in [5, 5.41) is 7.21. The van der Waals surface area contributed by atoms with E-state index in [1.54, 1.807) is 12.1 Å². The Kier molecular flexibility index (Phi) is 4.52. The second kappa shape index (κ2) is 6.14. The Morgan fingerprint density at radius 1 is 1.42 bits per heavy atom. The molecule has 0 aliphatic heterocycles. The average Bonchev–Trinajstić information content (AvgIpc) is 2.77. The maximum absolute atomic E-state index is 13.6. The number of hydrogen-bond acceptors (Lipinski definition) is 3. The van der Waals surface area contributed by atoms with Gasteiger partial charge in [0.1, 0.15) is 18.0 Å². The third-order valence-corrected chi connectivity index (χ3v) is 3.09. The van der Waals surface area contributed by atoms with Gasteiger partial charge in [-0.15, -0.1) is 0 Å². The van der Waals surface area contributed by atoms with Crippen molar-refractivity contribution < 1.29 is 4.39 Å². The zero-order valence-electron chi connectivity index (χ0n) is 10.9. The Bertz CT molecular complexity index is 553. The number of nitrogens with one attached hydrogen (secondary N) is 1. The Morgan fingerprint density at radius 3 is 2.95 bits per heavy atom. The van der Waals surface area contributed by atoms with Crippen LogP contribution in [-0.2, 0) is 13.1 Å². The SMILES string of the molecule is CC(C)Cn1ncnc1CNc1cc(Br)ccc1F. The van der Waals surface area contributed by atoms with Crippen LogP contribution < -0.4 is 5.32 Å². The van der Waals surface area contributed by atoms with Gasteiger partial charge in [-0.25, -0.2) is 14.1 Å². The lowest BCUT2D eigenvalue weighted by Gasteiger charge is -2.10. The Morgan fingerprint density at radius 2 is 2.21 bits per heavy atom. The van der Waals surface area contributed by atoms with E-state index in [-0.39, 0.29) is 5.82 Å². The summed E-state index contributed by atoms with van der Waals surface area (Å²) < 4.78 is 16.3. The summed E-state index contributed by atoms with van der Waals surface area (Å²) in [5.41, 5.74) is 0.452. The fourth-order valence-corrected chi connectivity index (χ4v) is 2.09. The van der Waals surface area contributed by atoms with Gasteiger partial charge >= 0.3 is 0 Å². The summed E-state index contributed by atoms with van der Waals surface area (Å²) in [7, 11) is 0. The highest BCUT2D eigenvalue weighted by molar-refractivity contribution is 9.10. The quantitative estimate of drug-likeness (QED) is 0.915. The molecule has 2 aromatic rings. The van der Waals surface area contributed by atoms with Crippen LogP contribution in [0.15, 0.2) is 29.0 Å². The number of nitrogens with zero attached hydrogens (tertiary/aromatic N) is 3. The van der Waals surface area contributed by atoms with E-state index >= 15 is 0 Å². The molecule has 2 rings (SSSR count). The number of rotatable bonds is 5. The molecule has 6 heteroatoms. The second-order valence-corrected chi connectivity index (χ2v) is 5.65. The molecule has 0 atom stereocenters. The van der Waals surface area contributed by atoms with Crippen LogP contribution in [0.4, 0.5) is 10.1 Å². The molecule has 0 aliphatic rings. The Labute approximate surface area is 120 Å². The lowest BCUT2D eigenvalue weighted by atomic mass is 10.2. The third-order valence-electron chi connectivity index (χ3n) is 2.60. The van der Waals surface area contributed by atoms with Gasteiger partial charge < -0.3 is 5.32 Å². The zero-order valence-corrected chi connectivity index (χ0v) is 12.5. The lowest BCUT2D eigenvalue weighted by molar-refractivity contribution is 0.468. The van der Waals surface area contributed by atoms with Crippen LogP contribution >= 0.6 is 15.9 Å². The number of anilines is 1. The molecular weight excluding hydrogens is 311 g/mol. The first-order chi connectivity index (χ1) is 9.06. The van der Waals surface area contributed by atoms with Crippen LogP contribution in [0.1, 0.15) is 19.7 Å². The monoisotopic (exact) mass is 326 g/mol. The third kappa shape index (κ3) is 3.76. The Balaban J connectivity index is 2.06. The molecule has 1 heterocycles. The summed E-state index contributed by atoms with van der Waals surface area (Å²) in [6, 6.07) is 4.80. The highest BCUT2D eigenvalue weighted by Gasteiger charge is 2.08. The minimum absolute atomic E-state index is 0.280. The van der Waals surface area contributed by atoms with E-state index in [0.29, 0.717) is 18.2 Å². The molecule has 4 nitrogen and oxygen atoms in total. The molecule has 19 heavy (non-hydrogen) atoms. The second-order valence-electron chi connectivity index (χ2n) is 4.73. The molecule has 1 N–H and O–H groups in total. The molecule has 0 saturated carbocycles. The average molecular weight is 327 g/mol. The van der Waals surface area contributed by atoms with Gasteiger partial charge in [0.2, 0.25) is 0 Å². The molecule has 0 amide bonds. The predicted molar refractivity (Wildman–Crippen MR) is 76.3 cm³/mol. The van der Waals surface area contributed by atoms with E-state index in [4.69, 9.17) is 0 Å². The van der Waals surface area contributed by atoms with Gasteiger partial charge in [-0.3, -0.25) is 0 Å². The van der Waals surface area contributed by atoms with Crippen molar-refractivity contribution in [2.24, 2.45) is 5.92 Å². The van der Waals surface area contributed by atoms with Crippen LogP contribution in [0.25, 0.3) is 0 Å². The van der Waals surface area contributed by atoms with Crippen LogP contribution in [0.3, 0.4) is 0 Å². The molecule has 0 spiro atoms. The zero-order chi connectivity index (χ0) is 13.8. The van der Waals surface area contributed by atoms with E-state index in [1.807, 2.05) is 4.68 Å².